The highest BCUT2D eigenvalue weighted by Gasteiger charge is 2.44. The first-order valence-corrected chi connectivity index (χ1v) is 8.16. The Labute approximate surface area is 145 Å². The lowest BCUT2D eigenvalue weighted by atomic mass is 9.96. The second-order valence-corrected chi connectivity index (χ2v) is 6.47. The molecule has 0 aliphatic heterocycles. The van der Waals surface area contributed by atoms with E-state index in [2.05, 4.69) is 17.1 Å². The lowest BCUT2D eigenvalue weighted by Gasteiger charge is -2.06. The summed E-state index contributed by atoms with van der Waals surface area (Å²) in [6, 6.07) is 18.4. The van der Waals surface area contributed by atoms with Crippen LogP contribution in [0.15, 0.2) is 54.6 Å². The van der Waals surface area contributed by atoms with E-state index in [1.54, 1.807) is 6.08 Å². The van der Waals surface area contributed by atoms with Crippen molar-refractivity contribution < 1.29 is 9.90 Å². The topological polar surface area (TPSA) is 76.9 Å². The van der Waals surface area contributed by atoms with Gasteiger partial charge >= 0.3 is 5.97 Å². The van der Waals surface area contributed by atoms with Gasteiger partial charge in [0.15, 0.2) is 0 Å². The Hall–Kier alpha value is -3.32. The van der Waals surface area contributed by atoms with Gasteiger partial charge in [-0.25, -0.2) is 4.79 Å². The van der Waals surface area contributed by atoms with Gasteiger partial charge < -0.3 is 10.1 Å². The van der Waals surface area contributed by atoms with Crippen LogP contribution in [0.4, 0.5) is 0 Å². The van der Waals surface area contributed by atoms with Crippen LogP contribution < -0.4 is 0 Å². The summed E-state index contributed by atoms with van der Waals surface area (Å²) in [5.74, 6) is -0.958. The van der Waals surface area contributed by atoms with Crippen LogP contribution in [0.2, 0.25) is 0 Å². The lowest BCUT2D eigenvalue weighted by molar-refractivity contribution is -0.131. The van der Waals surface area contributed by atoms with Gasteiger partial charge in [-0.1, -0.05) is 30.3 Å². The second kappa shape index (κ2) is 5.64. The molecule has 2 aromatic carbocycles. The number of aromatic amines is 1. The van der Waals surface area contributed by atoms with Gasteiger partial charge in [0.05, 0.1) is 11.5 Å². The van der Waals surface area contributed by atoms with Crippen LogP contribution in [0.25, 0.3) is 28.2 Å². The van der Waals surface area contributed by atoms with E-state index in [1.807, 2.05) is 42.5 Å². The molecule has 25 heavy (non-hydrogen) atoms. The molecule has 0 spiro atoms. The minimum absolute atomic E-state index is 0.260. The van der Waals surface area contributed by atoms with Crippen LogP contribution in [0.5, 0.6) is 0 Å². The van der Waals surface area contributed by atoms with Gasteiger partial charge in [0.25, 0.3) is 0 Å². The third kappa shape index (κ3) is 2.81. The van der Waals surface area contributed by atoms with Crippen LogP contribution in [-0.4, -0.2) is 16.1 Å². The molecule has 122 valence electrons. The third-order valence-corrected chi connectivity index (χ3v) is 4.78. The van der Waals surface area contributed by atoms with Crippen molar-refractivity contribution >= 4 is 22.9 Å². The largest absolute Gasteiger partial charge is 0.478 e. The summed E-state index contributed by atoms with van der Waals surface area (Å²) < 4.78 is 0. The number of aliphatic carboxylic acids is 1. The molecule has 0 atom stereocenters. The number of nitrogens with one attached hydrogen (secondary N) is 1. The van der Waals surface area contributed by atoms with Crippen LogP contribution in [-0.2, 0) is 10.2 Å². The summed E-state index contributed by atoms with van der Waals surface area (Å²) in [6.45, 7) is 0. The van der Waals surface area contributed by atoms with E-state index in [4.69, 9.17) is 5.11 Å². The van der Waals surface area contributed by atoms with Gasteiger partial charge in [0, 0.05) is 22.7 Å². The highest BCUT2D eigenvalue weighted by Crippen LogP contribution is 2.47. The van der Waals surface area contributed by atoms with E-state index in [1.165, 1.54) is 0 Å². The first kappa shape index (κ1) is 15.2. The summed E-state index contributed by atoms with van der Waals surface area (Å²) in [6.07, 6.45) is 4.61. The van der Waals surface area contributed by atoms with Crippen LogP contribution in [0, 0.1) is 11.3 Å². The normalized spacial score (nSPS) is 15.3. The first-order valence-electron chi connectivity index (χ1n) is 8.16. The zero-order valence-corrected chi connectivity index (χ0v) is 13.5. The highest BCUT2D eigenvalue weighted by molar-refractivity contribution is 5.90. The molecule has 0 saturated heterocycles. The zero-order chi connectivity index (χ0) is 17.4. The Balaban J connectivity index is 1.65. The maximum atomic E-state index is 10.6. The average molecular weight is 328 g/mol. The number of H-pyrrole nitrogens is 1. The standard InChI is InChI=1S/C21H16N2O2/c22-13-21(9-10-21)17-5-3-15(4-6-17)19-12-16-11-14(2-8-20(24)25)1-7-18(16)23-19/h1-8,11-12,23H,9-10H2,(H,24,25)/b8-2+. The van der Waals surface area contributed by atoms with Crippen molar-refractivity contribution in [3.63, 3.8) is 0 Å². The summed E-state index contributed by atoms with van der Waals surface area (Å²) in [4.78, 5) is 14.0. The van der Waals surface area contributed by atoms with Crippen molar-refractivity contribution in [2.24, 2.45) is 0 Å². The molecule has 2 N–H and O–H groups in total. The molecule has 1 saturated carbocycles. The quantitative estimate of drug-likeness (QED) is 0.693. The Morgan fingerprint density at radius 1 is 1.16 bits per heavy atom. The summed E-state index contributed by atoms with van der Waals surface area (Å²) in [5.41, 5.74) is 4.75. The third-order valence-electron chi connectivity index (χ3n) is 4.78. The molecular formula is C21H16N2O2. The van der Waals surface area contributed by atoms with Crippen molar-refractivity contribution in [2.45, 2.75) is 18.3 Å². The molecule has 1 aliphatic carbocycles. The van der Waals surface area contributed by atoms with Gasteiger partial charge in [-0.3, -0.25) is 0 Å². The summed E-state index contributed by atoms with van der Waals surface area (Å²) >= 11 is 0. The molecule has 0 radical (unpaired) electrons. The van der Waals surface area contributed by atoms with E-state index >= 15 is 0 Å². The lowest BCUT2D eigenvalue weighted by Crippen LogP contribution is -2.01. The molecule has 4 rings (SSSR count). The molecule has 1 fully saturated rings. The number of nitriles is 1. The van der Waals surface area contributed by atoms with Crippen LogP contribution in [0.3, 0.4) is 0 Å². The van der Waals surface area contributed by atoms with Crippen molar-refractivity contribution in [2.75, 3.05) is 0 Å². The molecule has 0 bridgehead atoms. The zero-order valence-electron chi connectivity index (χ0n) is 13.5. The Morgan fingerprint density at radius 2 is 1.92 bits per heavy atom. The molecule has 1 aromatic heterocycles. The van der Waals surface area contributed by atoms with Crippen molar-refractivity contribution in [3.05, 3.63) is 65.7 Å². The molecule has 3 aromatic rings. The van der Waals surface area contributed by atoms with E-state index in [0.29, 0.717) is 0 Å². The first-order chi connectivity index (χ1) is 12.1. The molecule has 0 amide bonds. The predicted octanol–water partition coefficient (Wildman–Crippen LogP) is 4.49. The Bertz CT molecular complexity index is 1030. The highest BCUT2D eigenvalue weighted by atomic mass is 16.4. The molecule has 4 heteroatoms. The number of rotatable bonds is 4. The number of aromatic nitrogens is 1. The average Bonchev–Trinajstić information content (AvgIpc) is 3.32. The van der Waals surface area contributed by atoms with Gasteiger partial charge in [0.1, 0.15) is 0 Å². The van der Waals surface area contributed by atoms with E-state index in [0.717, 1.165) is 52.2 Å². The van der Waals surface area contributed by atoms with Crippen LogP contribution >= 0.6 is 0 Å². The molecular weight excluding hydrogens is 312 g/mol. The fourth-order valence-corrected chi connectivity index (χ4v) is 3.14. The summed E-state index contributed by atoms with van der Waals surface area (Å²) in [5, 5.41) is 19.1. The Kier molecular flexibility index (Phi) is 3.43. The fraction of sp³-hybridized carbons (Fsp3) is 0.143. The monoisotopic (exact) mass is 328 g/mol. The van der Waals surface area contributed by atoms with E-state index in [9.17, 15) is 10.1 Å². The molecule has 1 aliphatic rings. The minimum atomic E-state index is -0.958. The summed E-state index contributed by atoms with van der Waals surface area (Å²) in [7, 11) is 0. The van der Waals surface area contributed by atoms with E-state index < -0.39 is 5.97 Å². The van der Waals surface area contributed by atoms with Gasteiger partial charge in [-0.05, 0) is 53.8 Å². The fourth-order valence-electron chi connectivity index (χ4n) is 3.14. The number of benzene rings is 2. The molecule has 1 heterocycles. The molecule has 0 unspecified atom stereocenters. The van der Waals surface area contributed by atoms with Gasteiger partial charge in [0.2, 0.25) is 0 Å². The number of nitrogens with zero attached hydrogens (tertiary/aromatic N) is 1. The van der Waals surface area contributed by atoms with Gasteiger partial charge in [-0.2, -0.15) is 5.26 Å². The number of carboxylic acids is 1. The van der Waals surface area contributed by atoms with Crippen LogP contribution in [0.1, 0.15) is 24.0 Å². The van der Waals surface area contributed by atoms with Crippen molar-refractivity contribution in [1.29, 1.82) is 5.26 Å². The number of fused-ring (bicyclic) bond motifs is 1. The smallest absolute Gasteiger partial charge is 0.328 e. The number of hydrogen-bond acceptors (Lipinski definition) is 2. The number of hydrogen-bond donors (Lipinski definition) is 2. The van der Waals surface area contributed by atoms with Gasteiger partial charge in [-0.15, -0.1) is 0 Å². The van der Waals surface area contributed by atoms with Crippen molar-refractivity contribution in [1.82, 2.24) is 4.98 Å². The maximum absolute atomic E-state index is 10.6. The number of carbonyl (C=O) groups is 1. The second-order valence-electron chi connectivity index (χ2n) is 6.47. The Morgan fingerprint density at radius 3 is 2.56 bits per heavy atom. The number of carboxylic acid groups (broad SMARTS) is 1. The predicted molar refractivity (Wildman–Crippen MR) is 96.9 cm³/mol. The maximum Gasteiger partial charge on any atom is 0.328 e. The SMILES string of the molecule is N#CC1(c2ccc(-c3cc4cc(/C=C/C(=O)O)ccc4[nH]3)cc2)CC1. The minimum Gasteiger partial charge on any atom is -0.478 e. The van der Waals surface area contributed by atoms with Crippen molar-refractivity contribution in [3.8, 4) is 17.3 Å². The molecule has 4 nitrogen and oxygen atoms in total. The van der Waals surface area contributed by atoms with E-state index in [-0.39, 0.29) is 5.41 Å².